The number of hydrogen-bond acceptors (Lipinski definition) is 2. The topological polar surface area (TPSA) is 62.0 Å². The van der Waals surface area contributed by atoms with Crippen LogP contribution in [-0.4, -0.2) is 10.1 Å². The Labute approximate surface area is 82.6 Å². The van der Waals surface area contributed by atoms with Crippen molar-refractivity contribution in [2.24, 2.45) is 5.73 Å². The number of aromatic amines is 1. The average Bonchev–Trinajstić information content (AvgIpc) is 2.66. The quantitative estimate of drug-likeness (QED) is 0.680. The second-order valence-corrected chi connectivity index (χ2v) is 3.46. The predicted molar refractivity (Wildman–Crippen MR) is 57.2 cm³/mol. The number of nitrogens with one attached hydrogen (secondary N) is 1. The number of phenolic OH excluding ortho intramolecular Hbond substituents is 1. The van der Waals surface area contributed by atoms with Crippen molar-refractivity contribution in [1.29, 1.82) is 0 Å². The molecular formula is C11H14N2O. The standard InChI is InChI=1S/C11H14N2O/c1-2-9(12)7-3-4-10-8(11(7)14)5-6-13-10/h3-6,9,13-14H,2,12H2,1H3. The second kappa shape index (κ2) is 3.35. The summed E-state index contributed by atoms with van der Waals surface area (Å²) >= 11 is 0. The zero-order chi connectivity index (χ0) is 10.1. The van der Waals surface area contributed by atoms with Gasteiger partial charge in [-0.05, 0) is 18.6 Å². The van der Waals surface area contributed by atoms with E-state index < -0.39 is 0 Å². The first-order chi connectivity index (χ1) is 6.74. The third kappa shape index (κ3) is 1.26. The molecule has 14 heavy (non-hydrogen) atoms. The summed E-state index contributed by atoms with van der Waals surface area (Å²) in [6.45, 7) is 2.01. The minimum atomic E-state index is -0.0886. The Kier molecular flexibility index (Phi) is 2.17. The largest absolute Gasteiger partial charge is 0.507 e. The number of phenols is 1. The van der Waals surface area contributed by atoms with Gasteiger partial charge in [0.15, 0.2) is 0 Å². The van der Waals surface area contributed by atoms with Crippen molar-refractivity contribution in [3.63, 3.8) is 0 Å². The van der Waals surface area contributed by atoms with E-state index in [-0.39, 0.29) is 6.04 Å². The summed E-state index contributed by atoms with van der Waals surface area (Å²) in [6.07, 6.45) is 2.63. The molecule has 3 nitrogen and oxygen atoms in total. The summed E-state index contributed by atoms with van der Waals surface area (Å²) in [5, 5.41) is 10.8. The fraction of sp³-hybridized carbons (Fsp3) is 0.273. The third-order valence-electron chi connectivity index (χ3n) is 2.58. The zero-order valence-electron chi connectivity index (χ0n) is 8.12. The number of nitrogens with two attached hydrogens (primary N) is 1. The van der Waals surface area contributed by atoms with Gasteiger partial charge in [0.05, 0.1) is 0 Å². The summed E-state index contributed by atoms with van der Waals surface area (Å²) in [6, 6.07) is 5.59. The molecule has 1 heterocycles. The Morgan fingerprint density at radius 1 is 1.43 bits per heavy atom. The van der Waals surface area contributed by atoms with Crippen molar-refractivity contribution in [2.75, 3.05) is 0 Å². The highest BCUT2D eigenvalue weighted by atomic mass is 16.3. The number of hydrogen-bond donors (Lipinski definition) is 3. The Bertz CT molecular complexity index is 447. The van der Waals surface area contributed by atoms with Crippen molar-refractivity contribution in [3.8, 4) is 5.75 Å². The lowest BCUT2D eigenvalue weighted by Gasteiger charge is -2.11. The van der Waals surface area contributed by atoms with Crippen molar-refractivity contribution < 1.29 is 5.11 Å². The molecule has 74 valence electrons. The van der Waals surface area contributed by atoms with Crippen molar-refractivity contribution >= 4 is 10.9 Å². The highest BCUT2D eigenvalue weighted by Gasteiger charge is 2.11. The zero-order valence-corrected chi connectivity index (χ0v) is 8.12. The molecule has 0 aliphatic rings. The molecule has 3 heteroatoms. The van der Waals surface area contributed by atoms with Crippen molar-refractivity contribution in [3.05, 3.63) is 30.0 Å². The molecule has 0 saturated heterocycles. The maximum Gasteiger partial charge on any atom is 0.129 e. The van der Waals surface area contributed by atoms with Gasteiger partial charge in [0.25, 0.3) is 0 Å². The van der Waals surface area contributed by atoms with Crippen LogP contribution in [-0.2, 0) is 0 Å². The molecule has 0 spiro atoms. The molecular weight excluding hydrogens is 176 g/mol. The third-order valence-corrected chi connectivity index (χ3v) is 2.58. The molecule has 1 atom stereocenters. The first-order valence-corrected chi connectivity index (χ1v) is 4.78. The summed E-state index contributed by atoms with van der Waals surface area (Å²) in [4.78, 5) is 3.04. The van der Waals surface area contributed by atoms with E-state index >= 15 is 0 Å². The maximum absolute atomic E-state index is 9.94. The Morgan fingerprint density at radius 2 is 2.21 bits per heavy atom. The summed E-state index contributed by atoms with van der Waals surface area (Å²) < 4.78 is 0. The van der Waals surface area contributed by atoms with E-state index in [1.807, 2.05) is 31.3 Å². The van der Waals surface area contributed by atoms with Gasteiger partial charge in [-0.3, -0.25) is 0 Å². The van der Waals surface area contributed by atoms with Gasteiger partial charge in [0.2, 0.25) is 0 Å². The molecule has 1 aromatic carbocycles. The van der Waals surface area contributed by atoms with Crippen LogP contribution >= 0.6 is 0 Å². The molecule has 4 N–H and O–H groups in total. The maximum atomic E-state index is 9.94. The molecule has 0 fully saturated rings. The lowest BCUT2D eigenvalue weighted by Crippen LogP contribution is -2.08. The van der Waals surface area contributed by atoms with Gasteiger partial charge in [0, 0.05) is 28.7 Å². The van der Waals surface area contributed by atoms with Gasteiger partial charge in [-0.15, -0.1) is 0 Å². The van der Waals surface area contributed by atoms with Gasteiger partial charge >= 0.3 is 0 Å². The highest BCUT2D eigenvalue weighted by molar-refractivity contribution is 5.87. The number of aromatic nitrogens is 1. The summed E-state index contributed by atoms with van der Waals surface area (Å²) in [5.74, 6) is 0.304. The van der Waals surface area contributed by atoms with E-state index in [9.17, 15) is 5.11 Å². The van der Waals surface area contributed by atoms with E-state index in [4.69, 9.17) is 5.73 Å². The predicted octanol–water partition coefficient (Wildman–Crippen LogP) is 2.28. The van der Waals surface area contributed by atoms with Gasteiger partial charge in [-0.2, -0.15) is 0 Å². The number of fused-ring (bicyclic) bond motifs is 1. The van der Waals surface area contributed by atoms with Crippen LogP contribution in [0.1, 0.15) is 24.9 Å². The number of benzene rings is 1. The normalized spacial score (nSPS) is 13.3. The summed E-state index contributed by atoms with van der Waals surface area (Å²) in [5.41, 5.74) is 7.64. The Hall–Kier alpha value is -1.48. The molecule has 0 aliphatic carbocycles. The van der Waals surface area contributed by atoms with Crippen LogP contribution < -0.4 is 5.73 Å². The number of aromatic hydroxyl groups is 1. The van der Waals surface area contributed by atoms with Crippen LogP contribution in [0.2, 0.25) is 0 Å². The molecule has 0 aliphatic heterocycles. The minimum Gasteiger partial charge on any atom is -0.507 e. The first-order valence-electron chi connectivity index (χ1n) is 4.78. The number of H-pyrrole nitrogens is 1. The lowest BCUT2D eigenvalue weighted by atomic mass is 10.0. The second-order valence-electron chi connectivity index (χ2n) is 3.46. The van der Waals surface area contributed by atoms with Crippen LogP contribution in [0.3, 0.4) is 0 Å². The molecule has 2 rings (SSSR count). The summed E-state index contributed by atoms with van der Waals surface area (Å²) in [7, 11) is 0. The van der Waals surface area contributed by atoms with E-state index in [1.165, 1.54) is 0 Å². The number of rotatable bonds is 2. The fourth-order valence-corrected chi connectivity index (χ4v) is 1.65. The van der Waals surface area contributed by atoms with E-state index in [1.54, 1.807) is 0 Å². The smallest absolute Gasteiger partial charge is 0.129 e. The monoisotopic (exact) mass is 190 g/mol. The van der Waals surface area contributed by atoms with E-state index in [2.05, 4.69) is 4.98 Å². The molecule has 1 aromatic heterocycles. The van der Waals surface area contributed by atoms with E-state index in [0.29, 0.717) is 5.75 Å². The molecule has 0 saturated carbocycles. The van der Waals surface area contributed by atoms with Crippen molar-refractivity contribution in [1.82, 2.24) is 4.98 Å². The SMILES string of the molecule is CCC(N)c1ccc2[nH]ccc2c1O. The van der Waals surface area contributed by atoms with Crippen molar-refractivity contribution in [2.45, 2.75) is 19.4 Å². The molecule has 1 unspecified atom stereocenters. The van der Waals surface area contributed by atoms with Gasteiger partial charge in [-0.25, -0.2) is 0 Å². The minimum absolute atomic E-state index is 0.0886. The van der Waals surface area contributed by atoms with Crippen LogP contribution in [0.15, 0.2) is 24.4 Å². The first kappa shape index (κ1) is 9.09. The van der Waals surface area contributed by atoms with Crippen LogP contribution in [0, 0.1) is 0 Å². The lowest BCUT2D eigenvalue weighted by molar-refractivity contribution is 0.466. The molecule has 0 amide bonds. The molecule has 2 aromatic rings. The fourth-order valence-electron chi connectivity index (χ4n) is 1.65. The van der Waals surface area contributed by atoms with Crippen LogP contribution in [0.4, 0.5) is 0 Å². The molecule has 0 radical (unpaired) electrons. The Balaban J connectivity index is 2.61. The van der Waals surface area contributed by atoms with Gasteiger partial charge in [-0.1, -0.05) is 13.0 Å². The highest BCUT2D eigenvalue weighted by Crippen LogP contribution is 2.32. The van der Waals surface area contributed by atoms with Crippen LogP contribution in [0.5, 0.6) is 5.75 Å². The van der Waals surface area contributed by atoms with Gasteiger partial charge < -0.3 is 15.8 Å². The Morgan fingerprint density at radius 3 is 2.93 bits per heavy atom. The molecule has 0 bridgehead atoms. The average molecular weight is 190 g/mol. The van der Waals surface area contributed by atoms with E-state index in [0.717, 1.165) is 22.9 Å². The van der Waals surface area contributed by atoms with Crippen LogP contribution in [0.25, 0.3) is 10.9 Å². The van der Waals surface area contributed by atoms with Gasteiger partial charge in [0.1, 0.15) is 5.75 Å².